The molecule has 3 nitrogen and oxygen atoms in total. The predicted octanol–water partition coefficient (Wildman–Crippen LogP) is 2.52. The second kappa shape index (κ2) is 3.81. The zero-order valence-corrected chi connectivity index (χ0v) is 9.17. The molecule has 0 spiro atoms. The summed E-state index contributed by atoms with van der Waals surface area (Å²) in [6.07, 6.45) is 9.68. The molecule has 2 heterocycles. The number of nitrogen functional groups attached to an aromatic ring is 1. The van der Waals surface area contributed by atoms with Crippen LogP contribution in [0.1, 0.15) is 5.56 Å². The SMILES string of the molecule is Nc1ccccc1C1=C=CN2C=CC=CC2=N1. The predicted molar refractivity (Wildman–Crippen MR) is 69.9 cm³/mol. The molecule has 0 unspecified atom stereocenters. The van der Waals surface area contributed by atoms with Crippen LogP contribution in [-0.4, -0.2) is 10.7 Å². The minimum atomic E-state index is 0.719. The molecule has 1 aromatic rings. The van der Waals surface area contributed by atoms with Crippen LogP contribution in [-0.2, 0) is 0 Å². The molecule has 0 aliphatic carbocycles. The zero-order valence-electron chi connectivity index (χ0n) is 9.17. The van der Waals surface area contributed by atoms with Crippen LogP contribution in [0.4, 0.5) is 5.69 Å². The molecule has 0 radical (unpaired) electrons. The molecule has 3 heteroatoms. The number of para-hydroxylation sites is 1. The quantitative estimate of drug-likeness (QED) is 0.584. The molecular weight excluding hydrogens is 210 g/mol. The van der Waals surface area contributed by atoms with E-state index in [4.69, 9.17) is 5.73 Å². The summed E-state index contributed by atoms with van der Waals surface area (Å²) in [5, 5.41) is 0. The fourth-order valence-electron chi connectivity index (χ4n) is 1.78. The molecule has 0 atom stereocenters. The molecule has 3 rings (SSSR count). The van der Waals surface area contributed by atoms with E-state index in [0.29, 0.717) is 0 Å². The topological polar surface area (TPSA) is 41.6 Å². The molecule has 82 valence electrons. The number of fused-ring (bicyclic) bond motifs is 1. The van der Waals surface area contributed by atoms with Gasteiger partial charge in [-0.15, -0.1) is 0 Å². The second-order valence-corrected chi connectivity index (χ2v) is 3.79. The Morgan fingerprint density at radius 2 is 2.06 bits per heavy atom. The lowest BCUT2D eigenvalue weighted by molar-refractivity contribution is 0.756. The Balaban J connectivity index is 2.10. The lowest BCUT2D eigenvalue weighted by Crippen LogP contribution is -2.21. The molecular formula is C14H11N3. The van der Waals surface area contributed by atoms with E-state index in [2.05, 4.69) is 10.7 Å². The summed E-state index contributed by atoms with van der Waals surface area (Å²) in [6, 6.07) is 7.68. The van der Waals surface area contributed by atoms with Crippen LogP contribution >= 0.6 is 0 Å². The lowest BCUT2D eigenvalue weighted by Gasteiger charge is -2.20. The van der Waals surface area contributed by atoms with Crippen molar-refractivity contribution in [1.82, 2.24) is 4.90 Å². The third kappa shape index (κ3) is 1.69. The van der Waals surface area contributed by atoms with Crippen LogP contribution in [0.5, 0.6) is 0 Å². The van der Waals surface area contributed by atoms with E-state index >= 15 is 0 Å². The largest absolute Gasteiger partial charge is 0.398 e. The maximum Gasteiger partial charge on any atom is 0.138 e. The maximum absolute atomic E-state index is 5.93. The number of benzene rings is 1. The summed E-state index contributed by atoms with van der Waals surface area (Å²) in [5.74, 6) is 0.879. The number of amidine groups is 1. The third-order valence-electron chi connectivity index (χ3n) is 2.65. The summed E-state index contributed by atoms with van der Waals surface area (Å²) in [6.45, 7) is 0. The van der Waals surface area contributed by atoms with E-state index < -0.39 is 0 Å². The van der Waals surface area contributed by atoms with Gasteiger partial charge in [0.25, 0.3) is 0 Å². The molecule has 0 saturated heterocycles. The molecule has 1 aromatic carbocycles. The maximum atomic E-state index is 5.93. The second-order valence-electron chi connectivity index (χ2n) is 3.79. The van der Waals surface area contributed by atoms with Gasteiger partial charge in [0.15, 0.2) is 0 Å². The smallest absolute Gasteiger partial charge is 0.138 e. The van der Waals surface area contributed by atoms with Gasteiger partial charge in [-0.2, -0.15) is 0 Å². The highest BCUT2D eigenvalue weighted by Gasteiger charge is 2.12. The first-order valence-electron chi connectivity index (χ1n) is 5.38. The first-order valence-corrected chi connectivity index (χ1v) is 5.38. The highest BCUT2D eigenvalue weighted by atomic mass is 15.2. The van der Waals surface area contributed by atoms with Crippen LogP contribution in [0.15, 0.2) is 65.6 Å². The Hall–Kier alpha value is -2.51. The third-order valence-corrected chi connectivity index (χ3v) is 2.65. The minimum absolute atomic E-state index is 0.719. The number of hydrogen-bond donors (Lipinski definition) is 1. The normalized spacial score (nSPS) is 16.6. The van der Waals surface area contributed by atoms with Crippen molar-refractivity contribution in [3.05, 3.63) is 66.2 Å². The van der Waals surface area contributed by atoms with Gasteiger partial charge in [-0.05, 0) is 18.2 Å². The molecule has 2 aliphatic rings. The Morgan fingerprint density at radius 3 is 2.94 bits per heavy atom. The molecule has 0 fully saturated rings. The monoisotopic (exact) mass is 221 g/mol. The van der Waals surface area contributed by atoms with Gasteiger partial charge in [0, 0.05) is 17.5 Å². The van der Waals surface area contributed by atoms with Crippen molar-refractivity contribution in [2.45, 2.75) is 0 Å². The first kappa shape index (κ1) is 9.70. The standard InChI is InChI=1S/C14H11N3/c15-12-6-2-1-5-11(12)13-8-10-17-9-4-3-7-14(17)16-13/h1-7,9-10H,15H2. The molecule has 17 heavy (non-hydrogen) atoms. The van der Waals surface area contributed by atoms with Crippen LogP contribution < -0.4 is 5.73 Å². The van der Waals surface area contributed by atoms with Gasteiger partial charge in [0.2, 0.25) is 0 Å². The fraction of sp³-hybridized carbons (Fsp3) is 0. The molecule has 0 aromatic heterocycles. The van der Waals surface area contributed by atoms with Crippen LogP contribution in [0, 0.1) is 0 Å². The average molecular weight is 221 g/mol. The van der Waals surface area contributed by atoms with Crippen molar-refractivity contribution in [3.8, 4) is 0 Å². The molecule has 0 bridgehead atoms. The summed E-state index contributed by atoms with van der Waals surface area (Å²) >= 11 is 0. The minimum Gasteiger partial charge on any atom is -0.398 e. The van der Waals surface area contributed by atoms with E-state index in [9.17, 15) is 0 Å². The number of anilines is 1. The number of rotatable bonds is 1. The number of hydrogen-bond acceptors (Lipinski definition) is 3. The van der Waals surface area contributed by atoms with Crippen molar-refractivity contribution < 1.29 is 0 Å². The van der Waals surface area contributed by atoms with Gasteiger partial charge in [0.05, 0.1) is 6.20 Å². The van der Waals surface area contributed by atoms with Crippen molar-refractivity contribution >= 4 is 17.2 Å². The van der Waals surface area contributed by atoms with Gasteiger partial charge >= 0.3 is 0 Å². The Kier molecular flexibility index (Phi) is 2.18. The molecule has 0 saturated carbocycles. The van der Waals surface area contributed by atoms with E-state index in [1.54, 1.807) is 0 Å². The van der Waals surface area contributed by atoms with E-state index in [0.717, 1.165) is 22.8 Å². The van der Waals surface area contributed by atoms with Crippen molar-refractivity contribution in [3.63, 3.8) is 0 Å². The number of allylic oxidation sites excluding steroid dienone is 2. The summed E-state index contributed by atoms with van der Waals surface area (Å²) in [5.41, 5.74) is 11.5. The number of nitrogens with two attached hydrogens (primary N) is 1. The first-order chi connectivity index (χ1) is 8.34. The van der Waals surface area contributed by atoms with Gasteiger partial charge in [0.1, 0.15) is 11.5 Å². The summed E-state index contributed by atoms with van der Waals surface area (Å²) < 4.78 is 0. The van der Waals surface area contributed by atoms with Crippen LogP contribution in [0.2, 0.25) is 0 Å². The van der Waals surface area contributed by atoms with Crippen molar-refractivity contribution in [1.29, 1.82) is 0 Å². The Labute approximate surface area is 99.6 Å². The van der Waals surface area contributed by atoms with Gasteiger partial charge in [-0.25, -0.2) is 4.99 Å². The summed E-state index contributed by atoms with van der Waals surface area (Å²) in [7, 11) is 0. The summed E-state index contributed by atoms with van der Waals surface area (Å²) in [4.78, 5) is 6.45. The molecule has 2 N–H and O–H groups in total. The lowest BCUT2D eigenvalue weighted by atomic mass is 10.1. The fourth-order valence-corrected chi connectivity index (χ4v) is 1.78. The van der Waals surface area contributed by atoms with E-state index in [1.165, 1.54) is 0 Å². The highest BCUT2D eigenvalue weighted by Crippen LogP contribution is 2.24. The van der Waals surface area contributed by atoms with Crippen molar-refractivity contribution in [2.75, 3.05) is 5.73 Å². The Morgan fingerprint density at radius 1 is 1.18 bits per heavy atom. The Bertz CT molecular complexity index is 614. The van der Waals surface area contributed by atoms with Gasteiger partial charge < -0.3 is 10.6 Å². The number of aliphatic imine (C=N–C) groups is 1. The average Bonchev–Trinajstić information content (AvgIpc) is 2.39. The highest BCUT2D eigenvalue weighted by molar-refractivity contribution is 6.00. The van der Waals surface area contributed by atoms with Crippen LogP contribution in [0.25, 0.3) is 5.70 Å². The zero-order chi connectivity index (χ0) is 11.7. The molecule has 2 aliphatic heterocycles. The van der Waals surface area contributed by atoms with E-state index in [1.807, 2.05) is 59.8 Å². The van der Waals surface area contributed by atoms with Crippen LogP contribution in [0.3, 0.4) is 0 Å². The van der Waals surface area contributed by atoms with Gasteiger partial charge in [-0.3, -0.25) is 0 Å². The number of nitrogens with zero attached hydrogens (tertiary/aromatic N) is 2. The van der Waals surface area contributed by atoms with Gasteiger partial charge in [-0.1, -0.05) is 30.0 Å². The van der Waals surface area contributed by atoms with E-state index in [-0.39, 0.29) is 0 Å². The van der Waals surface area contributed by atoms with Crippen molar-refractivity contribution in [2.24, 2.45) is 4.99 Å². The molecule has 0 amide bonds.